The molecule has 3 aromatic rings. The molecule has 2 aromatic heterocycles. The van der Waals surface area contributed by atoms with Gasteiger partial charge in [0.1, 0.15) is 11.4 Å². The number of furan rings is 1. The Balaban J connectivity index is 1.89. The van der Waals surface area contributed by atoms with E-state index in [4.69, 9.17) is 13.9 Å². The zero-order valence-electron chi connectivity index (χ0n) is 14.6. The number of aromatic amines is 1. The fourth-order valence-electron chi connectivity index (χ4n) is 3.43. The lowest BCUT2D eigenvalue weighted by Crippen LogP contribution is -2.32. The van der Waals surface area contributed by atoms with Crippen molar-refractivity contribution in [1.82, 2.24) is 15.1 Å². The van der Waals surface area contributed by atoms with Crippen molar-refractivity contribution in [3.05, 3.63) is 59.5 Å². The van der Waals surface area contributed by atoms with Crippen LogP contribution in [0.25, 0.3) is 11.5 Å². The van der Waals surface area contributed by atoms with Gasteiger partial charge in [-0.3, -0.25) is 9.89 Å². The van der Waals surface area contributed by atoms with Crippen molar-refractivity contribution in [2.75, 3.05) is 27.4 Å². The van der Waals surface area contributed by atoms with Crippen LogP contribution in [0, 0.1) is 0 Å². The molecule has 0 saturated heterocycles. The van der Waals surface area contributed by atoms with E-state index in [2.05, 4.69) is 10.2 Å². The van der Waals surface area contributed by atoms with Crippen LogP contribution in [0.4, 0.5) is 0 Å². The SMILES string of the molecule is COCCN1C(=O)c2n[nH]c(-c3ccco3)c2[C@@H]1c1ccccc1OC. The molecule has 7 nitrogen and oxygen atoms in total. The van der Waals surface area contributed by atoms with Gasteiger partial charge in [0.25, 0.3) is 5.91 Å². The number of aromatic nitrogens is 2. The van der Waals surface area contributed by atoms with Crippen LogP contribution in [0.1, 0.15) is 27.7 Å². The van der Waals surface area contributed by atoms with E-state index in [0.717, 1.165) is 11.1 Å². The van der Waals surface area contributed by atoms with Crippen LogP contribution < -0.4 is 4.74 Å². The number of para-hydroxylation sites is 1. The van der Waals surface area contributed by atoms with Crippen molar-refractivity contribution < 1.29 is 18.7 Å². The van der Waals surface area contributed by atoms with Gasteiger partial charge in [-0.25, -0.2) is 0 Å². The van der Waals surface area contributed by atoms with Crippen molar-refractivity contribution in [3.8, 4) is 17.2 Å². The number of hydrogen-bond donors (Lipinski definition) is 1. The van der Waals surface area contributed by atoms with Gasteiger partial charge < -0.3 is 18.8 Å². The molecule has 1 aromatic carbocycles. The number of rotatable bonds is 6. The summed E-state index contributed by atoms with van der Waals surface area (Å²) in [6, 6.07) is 11.0. The lowest BCUT2D eigenvalue weighted by molar-refractivity contribution is 0.0675. The van der Waals surface area contributed by atoms with E-state index in [-0.39, 0.29) is 11.9 Å². The second-order valence-corrected chi connectivity index (χ2v) is 5.97. The van der Waals surface area contributed by atoms with Gasteiger partial charge >= 0.3 is 0 Å². The summed E-state index contributed by atoms with van der Waals surface area (Å²) in [5.74, 6) is 1.22. The molecule has 0 unspecified atom stereocenters. The topological polar surface area (TPSA) is 80.6 Å². The van der Waals surface area contributed by atoms with Gasteiger partial charge in [0, 0.05) is 24.8 Å². The Labute approximate surface area is 150 Å². The Morgan fingerprint density at radius 1 is 1.23 bits per heavy atom. The van der Waals surface area contributed by atoms with Crippen LogP contribution in [-0.2, 0) is 4.74 Å². The highest BCUT2D eigenvalue weighted by Crippen LogP contribution is 2.45. The minimum absolute atomic E-state index is 0.137. The predicted octanol–water partition coefficient (Wildman–Crippen LogP) is 2.87. The number of nitrogens with zero attached hydrogens (tertiary/aromatic N) is 2. The first-order valence-corrected chi connectivity index (χ1v) is 8.31. The predicted molar refractivity (Wildman–Crippen MR) is 94.0 cm³/mol. The summed E-state index contributed by atoms with van der Waals surface area (Å²) in [5.41, 5.74) is 2.80. The molecule has 1 N–H and O–H groups in total. The van der Waals surface area contributed by atoms with Crippen LogP contribution in [0.5, 0.6) is 5.75 Å². The summed E-state index contributed by atoms with van der Waals surface area (Å²) in [6.07, 6.45) is 1.60. The van der Waals surface area contributed by atoms with Crippen LogP contribution in [0.3, 0.4) is 0 Å². The molecule has 1 atom stereocenters. The first-order valence-electron chi connectivity index (χ1n) is 8.31. The zero-order chi connectivity index (χ0) is 18.1. The molecule has 1 aliphatic heterocycles. The summed E-state index contributed by atoms with van der Waals surface area (Å²) in [6.45, 7) is 0.882. The van der Waals surface area contributed by atoms with E-state index < -0.39 is 0 Å². The Morgan fingerprint density at radius 3 is 2.81 bits per heavy atom. The minimum atomic E-state index is -0.331. The van der Waals surface area contributed by atoms with E-state index in [1.54, 1.807) is 31.4 Å². The summed E-state index contributed by atoms with van der Waals surface area (Å²) in [4.78, 5) is 14.7. The quantitative estimate of drug-likeness (QED) is 0.737. The molecule has 3 heterocycles. The third-order valence-electron chi connectivity index (χ3n) is 4.59. The summed E-state index contributed by atoms with van der Waals surface area (Å²) >= 11 is 0. The molecule has 1 aliphatic rings. The van der Waals surface area contributed by atoms with Crippen LogP contribution in [0.15, 0.2) is 47.1 Å². The number of nitrogens with one attached hydrogen (secondary N) is 1. The highest BCUT2D eigenvalue weighted by molar-refractivity contribution is 6.00. The molecule has 0 radical (unpaired) electrons. The maximum Gasteiger partial charge on any atom is 0.275 e. The number of hydrogen-bond acceptors (Lipinski definition) is 5. The van der Waals surface area contributed by atoms with E-state index >= 15 is 0 Å². The molecular formula is C19H19N3O4. The number of methoxy groups -OCH3 is 2. The van der Waals surface area contributed by atoms with Gasteiger partial charge in [0.2, 0.25) is 0 Å². The monoisotopic (exact) mass is 353 g/mol. The van der Waals surface area contributed by atoms with Crippen molar-refractivity contribution in [3.63, 3.8) is 0 Å². The summed E-state index contributed by atoms with van der Waals surface area (Å²) in [5, 5.41) is 7.23. The minimum Gasteiger partial charge on any atom is -0.496 e. The van der Waals surface area contributed by atoms with Gasteiger partial charge in [0.05, 0.1) is 26.0 Å². The Bertz CT molecular complexity index is 917. The fourth-order valence-corrected chi connectivity index (χ4v) is 3.43. The Kier molecular flexibility index (Phi) is 4.22. The molecule has 134 valence electrons. The van der Waals surface area contributed by atoms with E-state index in [0.29, 0.717) is 36.0 Å². The number of fused-ring (bicyclic) bond motifs is 1. The first-order chi connectivity index (χ1) is 12.8. The van der Waals surface area contributed by atoms with Gasteiger partial charge in [-0.1, -0.05) is 18.2 Å². The van der Waals surface area contributed by atoms with Gasteiger partial charge in [0.15, 0.2) is 11.5 Å². The molecular weight excluding hydrogens is 334 g/mol. The van der Waals surface area contributed by atoms with E-state index in [9.17, 15) is 4.79 Å². The molecule has 0 spiro atoms. The summed E-state index contributed by atoms with van der Waals surface area (Å²) in [7, 11) is 3.24. The number of ether oxygens (including phenoxy) is 2. The third kappa shape index (κ3) is 2.48. The molecule has 7 heteroatoms. The molecule has 0 aliphatic carbocycles. The Hall–Kier alpha value is -3.06. The average Bonchev–Trinajstić information content (AvgIpc) is 3.38. The third-order valence-corrected chi connectivity index (χ3v) is 4.59. The number of carbonyl (C=O) groups excluding carboxylic acids is 1. The zero-order valence-corrected chi connectivity index (χ0v) is 14.6. The van der Waals surface area contributed by atoms with Crippen LogP contribution >= 0.6 is 0 Å². The standard InChI is InChI=1S/C19H19N3O4/c1-24-11-9-22-18(12-6-3-4-7-13(12)25-2)15-16(14-8-5-10-26-14)20-21-17(15)19(22)23/h3-8,10,18H,9,11H2,1-2H3,(H,20,21)/t18-/m0/s1. The van der Waals surface area contributed by atoms with Crippen molar-refractivity contribution >= 4 is 5.91 Å². The van der Waals surface area contributed by atoms with E-state index in [1.807, 2.05) is 30.3 Å². The second kappa shape index (κ2) is 6.68. The number of carbonyl (C=O) groups is 1. The molecule has 0 fully saturated rings. The normalized spacial score (nSPS) is 16.2. The Morgan fingerprint density at radius 2 is 2.08 bits per heavy atom. The number of amides is 1. The van der Waals surface area contributed by atoms with Crippen molar-refractivity contribution in [2.45, 2.75) is 6.04 Å². The van der Waals surface area contributed by atoms with E-state index in [1.165, 1.54) is 0 Å². The highest BCUT2D eigenvalue weighted by Gasteiger charge is 2.43. The second-order valence-electron chi connectivity index (χ2n) is 5.97. The molecule has 0 bridgehead atoms. The van der Waals surface area contributed by atoms with Crippen LogP contribution in [-0.4, -0.2) is 48.4 Å². The maximum atomic E-state index is 13.0. The van der Waals surface area contributed by atoms with Crippen molar-refractivity contribution in [1.29, 1.82) is 0 Å². The molecule has 4 rings (SSSR count). The van der Waals surface area contributed by atoms with Crippen molar-refractivity contribution in [2.24, 2.45) is 0 Å². The fraction of sp³-hybridized carbons (Fsp3) is 0.263. The average molecular weight is 353 g/mol. The molecule has 26 heavy (non-hydrogen) atoms. The smallest absolute Gasteiger partial charge is 0.275 e. The first kappa shape index (κ1) is 16.4. The summed E-state index contributed by atoms with van der Waals surface area (Å²) < 4.78 is 16.3. The highest BCUT2D eigenvalue weighted by atomic mass is 16.5. The lowest BCUT2D eigenvalue weighted by atomic mass is 9.97. The number of H-pyrrole nitrogens is 1. The largest absolute Gasteiger partial charge is 0.496 e. The maximum absolute atomic E-state index is 13.0. The van der Waals surface area contributed by atoms with Crippen LogP contribution in [0.2, 0.25) is 0 Å². The molecule has 0 saturated carbocycles. The van der Waals surface area contributed by atoms with Gasteiger partial charge in [-0.05, 0) is 18.2 Å². The van der Waals surface area contributed by atoms with Gasteiger partial charge in [-0.2, -0.15) is 5.10 Å². The number of benzene rings is 1. The lowest BCUT2D eigenvalue weighted by Gasteiger charge is -2.27. The molecule has 1 amide bonds. The van der Waals surface area contributed by atoms with Gasteiger partial charge in [-0.15, -0.1) is 0 Å².